The van der Waals surface area contributed by atoms with Crippen LogP contribution in [0.1, 0.15) is 367 Å². The van der Waals surface area contributed by atoms with Gasteiger partial charge in [0.2, 0.25) is 0 Å². The molecule has 0 spiro atoms. The van der Waals surface area contributed by atoms with Crippen molar-refractivity contribution >= 4 is 17.9 Å². The lowest BCUT2D eigenvalue weighted by atomic mass is 10.0. The summed E-state index contributed by atoms with van der Waals surface area (Å²) in [6, 6.07) is 0. The van der Waals surface area contributed by atoms with Crippen LogP contribution in [0.4, 0.5) is 0 Å². The van der Waals surface area contributed by atoms with E-state index < -0.39 is 18.4 Å². The highest BCUT2D eigenvalue weighted by molar-refractivity contribution is 5.71. The highest BCUT2D eigenvalue weighted by Gasteiger charge is 2.25. The molecule has 9 nitrogen and oxygen atoms in total. The van der Waals surface area contributed by atoms with Gasteiger partial charge >= 0.3 is 17.9 Å². The first-order valence-corrected chi connectivity index (χ1v) is 36.7. The average Bonchev–Trinajstić information content (AvgIpc) is 3.55. The molecule has 0 radical (unpaired) electrons. The molecule has 9 heteroatoms. The van der Waals surface area contributed by atoms with Gasteiger partial charge in [0.25, 0.3) is 6.29 Å². The molecule has 0 rings (SSSR count). The van der Waals surface area contributed by atoms with Crippen LogP contribution >= 0.6 is 0 Å². The number of hydrogen-bond donors (Lipinski definition) is 1. The molecular weight excluding hydrogens is 1040 g/mol. The van der Waals surface area contributed by atoms with Gasteiger partial charge in [-0.15, -0.1) is 0 Å². The average molecular weight is 1190 g/mol. The summed E-state index contributed by atoms with van der Waals surface area (Å²) in [6.07, 6.45) is 81.3. The monoisotopic (exact) mass is 1190 g/mol. The number of rotatable bonds is 69. The number of nitrogens with zero attached hydrogens (tertiary/aromatic N) is 1. The fourth-order valence-electron chi connectivity index (χ4n) is 11.0. The van der Waals surface area contributed by atoms with E-state index >= 15 is 0 Å². The highest BCUT2D eigenvalue weighted by Crippen LogP contribution is 2.19. The number of likely N-dealkylation sites (N-methyl/N-ethyl adjacent to an activating group) is 1. The van der Waals surface area contributed by atoms with Crippen molar-refractivity contribution in [2.24, 2.45) is 0 Å². The van der Waals surface area contributed by atoms with Gasteiger partial charge in [0.1, 0.15) is 13.2 Å². The molecule has 2 unspecified atom stereocenters. The Morgan fingerprint density at radius 3 is 0.952 bits per heavy atom. The first-order valence-electron chi connectivity index (χ1n) is 36.7. The van der Waals surface area contributed by atoms with Gasteiger partial charge in [-0.3, -0.25) is 9.59 Å². The number of ether oxygens (including phenoxy) is 4. The Labute approximate surface area is 521 Å². The summed E-state index contributed by atoms with van der Waals surface area (Å²) in [5, 5.41) is 9.75. The highest BCUT2D eigenvalue weighted by atomic mass is 16.7. The molecule has 2 atom stereocenters. The number of hydrogen-bond acceptors (Lipinski definition) is 7. The molecule has 0 amide bonds. The molecule has 0 aromatic heterocycles. The first-order chi connectivity index (χ1) is 41.1. The van der Waals surface area contributed by atoms with Gasteiger partial charge in [-0.2, -0.15) is 0 Å². The van der Waals surface area contributed by atoms with Gasteiger partial charge in [-0.05, 0) is 51.4 Å². The minimum Gasteiger partial charge on any atom is -0.477 e. The van der Waals surface area contributed by atoms with Crippen LogP contribution < -0.4 is 0 Å². The van der Waals surface area contributed by atoms with Crippen molar-refractivity contribution < 1.29 is 42.9 Å². The number of unbranched alkanes of at least 4 members (excludes halogenated alkanes) is 48. The summed E-state index contributed by atoms with van der Waals surface area (Å²) in [5.74, 6) is -1.97. The number of aliphatic carboxylic acids is 1. The van der Waals surface area contributed by atoms with Gasteiger partial charge in [0.05, 0.1) is 34.4 Å². The second-order valence-corrected chi connectivity index (χ2v) is 26.3. The van der Waals surface area contributed by atoms with Crippen molar-refractivity contribution in [1.29, 1.82) is 0 Å². The van der Waals surface area contributed by atoms with Gasteiger partial charge in [-0.25, -0.2) is 4.79 Å². The third-order valence-electron chi connectivity index (χ3n) is 16.6. The quantitative estimate of drug-likeness (QED) is 0.0211. The number of carbonyl (C=O) groups excluding carboxylic acids is 2. The van der Waals surface area contributed by atoms with E-state index in [1.807, 2.05) is 21.1 Å². The number of esters is 2. The van der Waals surface area contributed by atoms with E-state index in [0.717, 1.165) is 51.4 Å². The second-order valence-electron chi connectivity index (χ2n) is 26.3. The van der Waals surface area contributed by atoms with Crippen LogP contribution in [0.15, 0.2) is 36.5 Å². The summed E-state index contributed by atoms with van der Waals surface area (Å²) >= 11 is 0. The van der Waals surface area contributed by atoms with Crippen molar-refractivity contribution in [1.82, 2.24) is 0 Å². The van der Waals surface area contributed by atoms with Crippen LogP contribution in [0.5, 0.6) is 0 Å². The molecule has 1 N–H and O–H groups in total. The number of quaternary nitrogens is 1. The van der Waals surface area contributed by atoms with Gasteiger partial charge in [0.15, 0.2) is 6.10 Å². The fraction of sp³-hybridized carbons (Fsp3) is 0.880. The maximum absolute atomic E-state index is 13.0. The first kappa shape index (κ1) is 81.5. The van der Waals surface area contributed by atoms with Crippen LogP contribution in [-0.2, 0) is 33.3 Å². The lowest BCUT2D eigenvalue weighted by Crippen LogP contribution is -2.40. The summed E-state index contributed by atoms with van der Waals surface area (Å²) in [5.41, 5.74) is 0. The minimum atomic E-state index is -1.51. The predicted molar refractivity (Wildman–Crippen MR) is 360 cm³/mol. The maximum Gasteiger partial charge on any atom is 0.361 e. The number of carboxylic acids is 1. The molecule has 0 bridgehead atoms. The molecule has 0 saturated heterocycles. The molecule has 0 aromatic carbocycles. The molecular formula is C75H142NO8+. The summed E-state index contributed by atoms with van der Waals surface area (Å²) in [4.78, 5) is 37.6. The third kappa shape index (κ3) is 67.0. The normalized spacial score (nSPS) is 12.8. The van der Waals surface area contributed by atoms with Gasteiger partial charge in [-0.1, -0.05) is 339 Å². The van der Waals surface area contributed by atoms with Crippen LogP contribution in [0, 0.1) is 0 Å². The van der Waals surface area contributed by atoms with Crippen molar-refractivity contribution in [3.8, 4) is 0 Å². The van der Waals surface area contributed by atoms with Crippen LogP contribution in [-0.4, -0.2) is 87.4 Å². The molecule has 0 aliphatic rings. The topological polar surface area (TPSA) is 108 Å². The Balaban J connectivity index is 3.99. The molecule has 0 aromatic rings. The zero-order valence-corrected chi connectivity index (χ0v) is 56.6. The Morgan fingerprint density at radius 1 is 0.357 bits per heavy atom. The summed E-state index contributed by atoms with van der Waals surface area (Å²) in [7, 11) is 5.99. The number of carboxylic acid groups (broad SMARTS) is 1. The summed E-state index contributed by atoms with van der Waals surface area (Å²) in [6.45, 7) is 4.94. The lowest BCUT2D eigenvalue weighted by molar-refractivity contribution is -0.870. The molecule has 0 aliphatic carbocycles. The van der Waals surface area contributed by atoms with E-state index in [2.05, 4.69) is 50.3 Å². The molecule has 84 heavy (non-hydrogen) atoms. The van der Waals surface area contributed by atoms with Crippen LogP contribution in [0.25, 0.3) is 0 Å². The zero-order chi connectivity index (χ0) is 61.2. The van der Waals surface area contributed by atoms with E-state index in [1.165, 1.54) is 289 Å². The molecule has 494 valence electrons. The van der Waals surface area contributed by atoms with Crippen LogP contribution in [0.3, 0.4) is 0 Å². The standard InChI is InChI=1S/C75H141NO8/c1-6-8-10-12-14-16-18-20-22-24-26-28-30-31-32-33-34-35-36-37-38-39-40-41-42-43-44-46-48-50-52-54-56-58-60-62-64-66-73(78)84-71(70-83-75(74(79)80)81-68-67-76(3,4)5)69-82-72(77)65-63-61-59-57-55-53-51-49-47-45-29-27-25-23-21-19-17-15-13-11-9-7-2/h18,20,24,26,30-31,71,75H,6-17,19,21-23,25,27-29,32-70H2,1-5H3/p+1/b20-18-,26-24-,31-30-. The van der Waals surface area contributed by atoms with E-state index in [-0.39, 0.29) is 38.2 Å². The third-order valence-corrected chi connectivity index (χ3v) is 16.6. The van der Waals surface area contributed by atoms with E-state index in [0.29, 0.717) is 17.4 Å². The largest absolute Gasteiger partial charge is 0.477 e. The van der Waals surface area contributed by atoms with E-state index in [9.17, 15) is 19.5 Å². The molecule has 0 heterocycles. The van der Waals surface area contributed by atoms with Crippen molar-refractivity contribution in [3.63, 3.8) is 0 Å². The van der Waals surface area contributed by atoms with E-state index in [4.69, 9.17) is 18.9 Å². The van der Waals surface area contributed by atoms with Crippen molar-refractivity contribution in [2.45, 2.75) is 379 Å². The smallest absolute Gasteiger partial charge is 0.361 e. The van der Waals surface area contributed by atoms with Crippen LogP contribution in [0.2, 0.25) is 0 Å². The SMILES string of the molecule is CCCCCCC/C=C\C/C=C\C/C=C\CCCCCCCCCCCCCCCCCCCCCCCCC(=O)OC(COC(=O)CCCCCCCCCCCCCCCCCCCCCCCC)COC(OCC[N+](C)(C)C)C(=O)O. The minimum absolute atomic E-state index is 0.175. The van der Waals surface area contributed by atoms with Gasteiger partial charge in [0, 0.05) is 12.8 Å². The zero-order valence-electron chi connectivity index (χ0n) is 56.6. The fourth-order valence-corrected chi connectivity index (χ4v) is 11.0. The molecule has 0 saturated carbocycles. The Bertz CT molecular complexity index is 1470. The predicted octanol–water partition coefficient (Wildman–Crippen LogP) is 22.8. The lowest BCUT2D eigenvalue weighted by Gasteiger charge is -2.25. The maximum atomic E-state index is 13.0. The van der Waals surface area contributed by atoms with Crippen molar-refractivity contribution in [2.75, 3.05) is 47.5 Å². The Hall–Kier alpha value is -2.49. The second kappa shape index (κ2) is 66.5. The summed E-state index contributed by atoms with van der Waals surface area (Å²) < 4.78 is 23.0. The van der Waals surface area contributed by atoms with Gasteiger partial charge < -0.3 is 28.5 Å². The Kier molecular flexibility index (Phi) is 64.5. The molecule has 0 fully saturated rings. The molecule has 0 aliphatic heterocycles. The Morgan fingerprint density at radius 2 is 0.643 bits per heavy atom. The number of allylic oxidation sites excluding steroid dienone is 6. The number of carbonyl (C=O) groups is 3. The van der Waals surface area contributed by atoms with Crippen molar-refractivity contribution in [3.05, 3.63) is 36.5 Å². The van der Waals surface area contributed by atoms with E-state index in [1.54, 1.807) is 0 Å².